The fourth-order valence-corrected chi connectivity index (χ4v) is 2.14. The van der Waals surface area contributed by atoms with Crippen LogP contribution in [-0.4, -0.2) is 5.78 Å². The van der Waals surface area contributed by atoms with Gasteiger partial charge in [0.05, 0.1) is 6.07 Å². The van der Waals surface area contributed by atoms with Gasteiger partial charge < -0.3 is 4.79 Å². The molecule has 1 saturated carbocycles. The Labute approximate surface area is 73.6 Å². The maximum Gasteiger partial charge on any atom is 0.130 e. The molecule has 12 heavy (non-hydrogen) atoms. The van der Waals surface area contributed by atoms with Crippen LogP contribution in [0.2, 0.25) is 0 Å². The fraction of sp³-hybridized carbons (Fsp3) is 0.800. The van der Waals surface area contributed by atoms with Crippen molar-refractivity contribution in [2.75, 3.05) is 0 Å². The molecule has 0 amide bonds. The van der Waals surface area contributed by atoms with Crippen LogP contribution in [0.25, 0.3) is 0 Å². The molecule has 0 aromatic heterocycles. The number of rotatable bonds is 3. The lowest BCUT2D eigenvalue weighted by molar-refractivity contribution is -0.118. The highest BCUT2D eigenvalue weighted by Crippen LogP contribution is 2.35. The van der Waals surface area contributed by atoms with Crippen molar-refractivity contribution in [2.24, 2.45) is 11.8 Å². The Kier molecular flexibility index (Phi) is 3.28. The first-order chi connectivity index (χ1) is 5.74. The fourth-order valence-electron chi connectivity index (χ4n) is 2.14. The van der Waals surface area contributed by atoms with E-state index in [1.165, 1.54) is 6.42 Å². The molecule has 2 nitrogen and oxygen atoms in total. The quantitative estimate of drug-likeness (QED) is 0.643. The van der Waals surface area contributed by atoms with Crippen LogP contribution in [0, 0.1) is 23.2 Å². The zero-order chi connectivity index (χ0) is 8.97. The van der Waals surface area contributed by atoms with Crippen LogP contribution in [0.1, 0.15) is 39.0 Å². The standard InChI is InChI=1S/C10H15NO/c1-8(12)7-10-4-2-3-9(10)5-6-11/h9-10H,2-5,7H2,1H3/t9-,10+/m0/s1. The van der Waals surface area contributed by atoms with Gasteiger partial charge in [-0.25, -0.2) is 0 Å². The molecule has 0 bridgehead atoms. The number of nitriles is 1. The molecule has 0 aromatic rings. The number of carbonyl (C=O) groups excluding carboxylic acids is 1. The molecule has 0 heterocycles. The maximum atomic E-state index is 10.9. The van der Waals surface area contributed by atoms with Gasteiger partial charge in [0, 0.05) is 12.8 Å². The Morgan fingerprint density at radius 3 is 2.75 bits per heavy atom. The van der Waals surface area contributed by atoms with Crippen molar-refractivity contribution >= 4 is 5.78 Å². The van der Waals surface area contributed by atoms with E-state index in [-0.39, 0.29) is 5.78 Å². The smallest absolute Gasteiger partial charge is 0.130 e. The molecule has 0 aliphatic heterocycles. The van der Waals surface area contributed by atoms with Crippen LogP contribution in [0.5, 0.6) is 0 Å². The van der Waals surface area contributed by atoms with Gasteiger partial charge in [-0.2, -0.15) is 5.26 Å². The second-order valence-corrected chi connectivity index (χ2v) is 3.72. The number of hydrogen-bond donors (Lipinski definition) is 0. The highest BCUT2D eigenvalue weighted by atomic mass is 16.1. The van der Waals surface area contributed by atoms with Crippen molar-refractivity contribution < 1.29 is 4.79 Å². The molecule has 66 valence electrons. The van der Waals surface area contributed by atoms with Crippen LogP contribution < -0.4 is 0 Å². The minimum Gasteiger partial charge on any atom is -0.300 e. The minimum absolute atomic E-state index is 0.268. The summed E-state index contributed by atoms with van der Waals surface area (Å²) < 4.78 is 0. The first-order valence-corrected chi connectivity index (χ1v) is 4.60. The average Bonchev–Trinajstić information content (AvgIpc) is 2.37. The van der Waals surface area contributed by atoms with E-state index in [0.29, 0.717) is 24.7 Å². The lowest BCUT2D eigenvalue weighted by Crippen LogP contribution is -2.10. The summed E-state index contributed by atoms with van der Waals surface area (Å²) in [4.78, 5) is 10.9. The Morgan fingerprint density at radius 2 is 2.17 bits per heavy atom. The van der Waals surface area contributed by atoms with Crippen molar-refractivity contribution in [3.63, 3.8) is 0 Å². The number of hydrogen-bond acceptors (Lipinski definition) is 2. The van der Waals surface area contributed by atoms with Crippen LogP contribution in [-0.2, 0) is 4.79 Å². The Morgan fingerprint density at radius 1 is 1.50 bits per heavy atom. The molecule has 0 unspecified atom stereocenters. The van der Waals surface area contributed by atoms with Crippen molar-refractivity contribution in [1.82, 2.24) is 0 Å². The number of ketones is 1. The second-order valence-electron chi connectivity index (χ2n) is 3.72. The van der Waals surface area contributed by atoms with Gasteiger partial charge in [-0.3, -0.25) is 0 Å². The van der Waals surface area contributed by atoms with Crippen LogP contribution >= 0.6 is 0 Å². The van der Waals surface area contributed by atoms with Gasteiger partial charge in [0.2, 0.25) is 0 Å². The van der Waals surface area contributed by atoms with E-state index in [0.717, 1.165) is 12.8 Å². The molecular formula is C10H15NO. The summed E-state index contributed by atoms with van der Waals surface area (Å²) in [5, 5.41) is 8.54. The maximum absolute atomic E-state index is 10.9. The predicted molar refractivity (Wildman–Crippen MR) is 46.4 cm³/mol. The average molecular weight is 165 g/mol. The lowest BCUT2D eigenvalue weighted by Gasteiger charge is -2.14. The summed E-state index contributed by atoms with van der Waals surface area (Å²) in [6, 6.07) is 2.20. The van der Waals surface area contributed by atoms with Gasteiger partial charge in [-0.05, 0) is 31.6 Å². The molecule has 0 spiro atoms. The first-order valence-electron chi connectivity index (χ1n) is 4.60. The minimum atomic E-state index is 0.268. The van der Waals surface area contributed by atoms with Gasteiger partial charge in [-0.1, -0.05) is 6.42 Å². The van der Waals surface area contributed by atoms with E-state index >= 15 is 0 Å². The zero-order valence-corrected chi connectivity index (χ0v) is 7.55. The van der Waals surface area contributed by atoms with Gasteiger partial charge in [0.1, 0.15) is 5.78 Å². The molecule has 0 saturated heterocycles. The molecule has 2 heteroatoms. The number of nitrogens with zero attached hydrogens (tertiary/aromatic N) is 1. The largest absolute Gasteiger partial charge is 0.300 e. The highest BCUT2D eigenvalue weighted by molar-refractivity contribution is 5.75. The summed E-state index contributed by atoms with van der Waals surface area (Å²) in [6.45, 7) is 1.64. The number of Topliss-reactive ketones (excluding diaryl/α,β-unsaturated/α-hetero) is 1. The van der Waals surface area contributed by atoms with Gasteiger partial charge in [-0.15, -0.1) is 0 Å². The van der Waals surface area contributed by atoms with E-state index in [2.05, 4.69) is 6.07 Å². The van der Waals surface area contributed by atoms with Gasteiger partial charge in [0.15, 0.2) is 0 Å². The summed E-state index contributed by atoms with van der Waals surface area (Å²) in [6.07, 6.45) is 4.81. The SMILES string of the molecule is CC(=O)C[C@H]1CCC[C@H]1CC#N. The van der Waals surface area contributed by atoms with Crippen LogP contribution in [0.4, 0.5) is 0 Å². The number of carbonyl (C=O) groups is 1. The van der Waals surface area contributed by atoms with E-state index < -0.39 is 0 Å². The van der Waals surface area contributed by atoms with E-state index in [4.69, 9.17) is 5.26 Å². The van der Waals surface area contributed by atoms with Gasteiger partial charge >= 0.3 is 0 Å². The predicted octanol–water partition coefficient (Wildman–Crippen LogP) is 2.30. The monoisotopic (exact) mass is 165 g/mol. The highest BCUT2D eigenvalue weighted by Gasteiger charge is 2.27. The summed E-state index contributed by atoms with van der Waals surface area (Å²) in [5.41, 5.74) is 0. The van der Waals surface area contributed by atoms with Crippen molar-refractivity contribution in [3.8, 4) is 6.07 Å². The molecule has 1 fully saturated rings. The molecule has 1 rings (SSSR count). The van der Waals surface area contributed by atoms with Crippen LogP contribution in [0.3, 0.4) is 0 Å². The summed E-state index contributed by atoms with van der Waals surface area (Å²) in [5.74, 6) is 1.27. The Balaban J connectivity index is 2.41. The third-order valence-electron chi connectivity index (χ3n) is 2.72. The van der Waals surface area contributed by atoms with E-state index in [1.54, 1.807) is 6.92 Å². The molecule has 0 N–H and O–H groups in total. The molecule has 1 aliphatic rings. The van der Waals surface area contributed by atoms with Crippen LogP contribution in [0.15, 0.2) is 0 Å². The van der Waals surface area contributed by atoms with Gasteiger partial charge in [0.25, 0.3) is 0 Å². The van der Waals surface area contributed by atoms with Crippen molar-refractivity contribution in [1.29, 1.82) is 5.26 Å². The molecule has 2 atom stereocenters. The van der Waals surface area contributed by atoms with Crippen molar-refractivity contribution in [2.45, 2.75) is 39.0 Å². The lowest BCUT2D eigenvalue weighted by atomic mass is 9.89. The molecule has 0 radical (unpaired) electrons. The molecule has 1 aliphatic carbocycles. The molecule has 0 aromatic carbocycles. The third kappa shape index (κ3) is 2.34. The van der Waals surface area contributed by atoms with E-state index in [1.807, 2.05) is 0 Å². The van der Waals surface area contributed by atoms with Crippen molar-refractivity contribution in [3.05, 3.63) is 0 Å². The Bertz CT molecular complexity index is 204. The van der Waals surface area contributed by atoms with E-state index in [9.17, 15) is 4.79 Å². The third-order valence-corrected chi connectivity index (χ3v) is 2.72. The Hall–Kier alpha value is -0.840. The summed E-state index contributed by atoms with van der Waals surface area (Å²) in [7, 11) is 0. The zero-order valence-electron chi connectivity index (χ0n) is 7.55. The second kappa shape index (κ2) is 4.25. The normalized spacial score (nSPS) is 28.3. The topological polar surface area (TPSA) is 40.9 Å². The first kappa shape index (κ1) is 9.25. The summed E-state index contributed by atoms with van der Waals surface area (Å²) >= 11 is 0. The molecular weight excluding hydrogens is 150 g/mol.